The van der Waals surface area contributed by atoms with E-state index in [0.717, 1.165) is 32.0 Å². The van der Waals surface area contributed by atoms with Crippen molar-refractivity contribution in [1.82, 2.24) is 15.2 Å². The highest BCUT2D eigenvalue weighted by Gasteiger charge is 2.23. The van der Waals surface area contributed by atoms with Crippen LogP contribution >= 0.6 is 0 Å². The van der Waals surface area contributed by atoms with E-state index in [0.29, 0.717) is 12.1 Å². The van der Waals surface area contributed by atoms with Crippen molar-refractivity contribution in [3.63, 3.8) is 0 Å². The predicted molar refractivity (Wildman–Crippen MR) is 85.3 cm³/mol. The molecule has 1 atom stereocenters. The van der Waals surface area contributed by atoms with Crippen molar-refractivity contribution in [2.24, 2.45) is 0 Å². The summed E-state index contributed by atoms with van der Waals surface area (Å²) in [5.74, 6) is 1.15. The summed E-state index contributed by atoms with van der Waals surface area (Å²) in [7, 11) is 2.19. The predicted octanol–water partition coefficient (Wildman–Crippen LogP) is 2.03. The van der Waals surface area contributed by atoms with Gasteiger partial charge in [0.05, 0.1) is 0 Å². The minimum atomic E-state index is 0.507. The maximum Gasteiger partial charge on any atom is 0.131 e. The van der Waals surface area contributed by atoms with Crippen LogP contribution in [0.5, 0.6) is 0 Å². The van der Waals surface area contributed by atoms with Gasteiger partial charge in [0.1, 0.15) is 5.82 Å². The summed E-state index contributed by atoms with van der Waals surface area (Å²) in [6.45, 7) is 13.0. The van der Waals surface area contributed by atoms with Crippen LogP contribution in [0.15, 0.2) is 12.3 Å². The van der Waals surface area contributed by atoms with E-state index in [4.69, 9.17) is 4.98 Å². The highest BCUT2D eigenvalue weighted by Crippen LogP contribution is 2.22. The minimum Gasteiger partial charge on any atom is -0.351 e. The Balaban J connectivity index is 2.09. The Bertz CT molecular complexity index is 444. The third-order valence-electron chi connectivity index (χ3n) is 3.92. The molecule has 1 aliphatic rings. The Morgan fingerprint density at radius 1 is 1.40 bits per heavy atom. The smallest absolute Gasteiger partial charge is 0.131 e. The molecule has 1 aromatic rings. The first-order valence-electron chi connectivity index (χ1n) is 7.61. The summed E-state index contributed by atoms with van der Waals surface area (Å²) < 4.78 is 0. The zero-order chi connectivity index (χ0) is 14.7. The molecule has 0 radical (unpaired) electrons. The van der Waals surface area contributed by atoms with E-state index in [-0.39, 0.29) is 0 Å². The van der Waals surface area contributed by atoms with E-state index in [1.165, 1.54) is 11.1 Å². The second-order valence-corrected chi connectivity index (χ2v) is 6.32. The second-order valence-electron chi connectivity index (χ2n) is 6.32. The van der Waals surface area contributed by atoms with Crippen LogP contribution < -0.4 is 10.2 Å². The minimum absolute atomic E-state index is 0.507. The number of anilines is 1. The Morgan fingerprint density at radius 3 is 2.75 bits per heavy atom. The zero-order valence-electron chi connectivity index (χ0n) is 13.5. The van der Waals surface area contributed by atoms with E-state index >= 15 is 0 Å². The van der Waals surface area contributed by atoms with Gasteiger partial charge in [-0.15, -0.1) is 0 Å². The van der Waals surface area contributed by atoms with Crippen molar-refractivity contribution in [3.05, 3.63) is 23.4 Å². The van der Waals surface area contributed by atoms with E-state index in [9.17, 15) is 0 Å². The van der Waals surface area contributed by atoms with E-state index in [1.807, 2.05) is 6.20 Å². The molecule has 1 unspecified atom stereocenters. The van der Waals surface area contributed by atoms with Gasteiger partial charge in [-0.2, -0.15) is 0 Å². The van der Waals surface area contributed by atoms with Crippen LogP contribution in [0.1, 0.15) is 31.9 Å². The normalized spacial score (nSPS) is 20.7. The third-order valence-corrected chi connectivity index (χ3v) is 3.92. The molecule has 1 saturated heterocycles. The molecule has 0 spiro atoms. The Hall–Kier alpha value is -1.13. The number of pyridine rings is 1. The molecule has 1 aliphatic heterocycles. The molecular weight excluding hydrogens is 248 g/mol. The van der Waals surface area contributed by atoms with Gasteiger partial charge in [0.2, 0.25) is 0 Å². The van der Waals surface area contributed by atoms with Crippen molar-refractivity contribution in [1.29, 1.82) is 0 Å². The van der Waals surface area contributed by atoms with E-state index < -0.39 is 0 Å². The molecular formula is C16H28N4. The lowest BCUT2D eigenvalue weighted by Crippen LogP contribution is -2.51. The van der Waals surface area contributed by atoms with Crippen molar-refractivity contribution >= 4 is 5.82 Å². The highest BCUT2D eigenvalue weighted by molar-refractivity contribution is 5.48. The number of piperazine rings is 1. The fraction of sp³-hybridized carbons (Fsp3) is 0.688. The standard InChI is InChI=1S/C16H28N4/c1-12(2)17-9-15-8-13(3)16(18-10-15)20-7-6-19(5)11-14(20)4/h8,10,12,14,17H,6-7,9,11H2,1-5H3. The lowest BCUT2D eigenvalue weighted by Gasteiger charge is -2.39. The lowest BCUT2D eigenvalue weighted by atomic mass is 10.1. The first-order valence-corrected chi connectivity index (χ1v) is 7.61. The number of hydrogen-bond acceptors (Lipinski definition) is 4. The van der Waals surface area contributed by atoms with Crippen LogP contribution in [-0.2, 0) is 6.54 Å². The first-order chi connectivity index (χ1) is 9.47. The highest BCUT2D eigenvalue weighted by atomic mass is 15.3. The summed E-state index contributed by atoms with van der Waals surface area (Å²) in [6.07, 6.45) is 2.02. The van der Waals surface area contributed by atoms with Crippen LogP contribution in [-0.4, -0.2) is 48.6 Å². The van der Waals surface area contributed by atoms with Crippen molar-refractivity contribution in [2.75, 3.05) is 31.6 Å². The van der Waals surface area contributed by atoms with Crippen LogP contribution in [0.3, 0.4) is 0 Å². The average molecular weight is 276 g/mol. The number of hydrogen-bond donors (Lipinski definition) is 1. The summed E-state index contributed by atoms with van der Waals surface area (Å²) in [5.41, 5.74) is 2.55. The molecule has 112 valence electrons. The third kappa shape index (κ3) is 3.70. The van der Waals surface area contributed by atoms with Gasteiger partial charge in [-0.1, -0.05) is 13.8 Å². The monoisotopic (exact) mass is 276 g/mol. The molecule has 2 heterocycles. The van der Waals surface area contributed by atoms with Gasteiger partial charge in [-0.3, -0.25) is 0 Å². The molecule has 0 aliphatic carbocycles. The van der Waals surface area contributed by atoms with Gasteiger partial charge >= 0.3 is 0 Å². The van der Waals surface area contributed by atoms with Crippen molar-refractivity contribution in [3.8, 4) is 0 Å². The number of aryl methyl sites for hydroxylation is 1. The Labute approximate surface area is 123 Å². The van der Waals surface area contributed by atoms with E-state index in [1.54, 1.807) is 0 Å². The first kappa shape index (κ1) is 15.3. The molecule has 4 heteroatoms. The van der Waals surface area contributed by atoms with Crippen LogP contribution in [0.2, 0.25) is 0 Å². The number of nitrogens with zero attached hydrogens (tertiary/aromatic N) is 3. The van der Waals surface area contributed by atoms with Gasteiger partial charge in [-0.05, 0) is 38.1 Å². The second kappa shape index (κ2) is 6.55. The van der Waals surface area contributed by atoms with Gasteiger partial charge in [0.25, 0.3) is 0 Å². The fourth-order valence-corrected chi connectivity index (χ4v) is 2.80. The fourth-order valence-electron chi connectivity index (χ4n) is 2.80. The van der Waals surface area contributed by atoms with E-state index in [2.05, 4.69) is 55.9 Å². The molecule has 1 N–H and O–H groups in total. The number of aromatic nitrogens is 1. The van der Waals surface area contributed by atoms with Crippen LogP contribution in [0.25, 0.3) is 0 Å². The quantitative estimate of drug-likeness (QED) is 0.912. The molecule has 0 amide bonds. The average Bonchev–Trinajstić information content (AvgIpc) is 2.37. The molecule has 0 saturated carbocycles. The molecule has 20 heavy (non-hydrogen) atoms. The summed E-state index contributed by atoms with van der Waals surface area (Å²) in [4.78, 5) is 9.55. The maximum atomic E-state index is 4.72. The van der Waals surface area contributed by atoms with Gasteiger partial charge in [-0.25, -0.2) is 4.98 Å². The molecule has 2 rings (SSSR count). The summed E-state index contributed by atoms with van der Waals surface area (Å²) >= 11 is 0. The number of rotatable bonds is 4. The van der Waals surface area contributed by atoms with Gasteiger partial charge in [0, 0.05) is 44.5 Å². The van der Waals surface area contributed by atoms with Crippen molar-refractivity contribution < 1.29 is 0 Å². The number of likely N-dealkylation sites (N-methyl/N-ethyl adjacent to an activating group) is 1. The largest absolute Gasteiger partial charge is 0.351 e. The van der Waals surface area contributed by atoms with Crippen LogP contribution in [0.4, 0.5) is 5.82 Å². The molecule has 1 aromatic heterocycles. The SMILES string of the molecule is Cc1cc(CNC(C)C)cnc1N1CCN(C)CC1C. The summed E-state index contributed by atoms with van der Waals surface area (Å²) in [5, 5.41) is 3.44. The molecule has 0 aromatic carbocycles. The van der Waals surface area contributed by atoms with Gasteiger partial charge in [0.15, 0.2) is 0 Å². The molecule has 4 nitrogen and oxygen atoms in total. The summed E-state index contributed by atoms with van der Waals surface area (Å²) in [6, 6.07) is 3.30. The van der Waals surface area contributed by atoms with Gasteiger partial charge < -0.3 is 15.1 Å². The number of nitrogens with one attached hydrogen (secondary N) is 1. The lowest BCUT2D eigenvalue weighted by molar-refractivity contribution is 0.274. The Kier molecular flexibility index (Phi) is 5.00. The Morgan fingerprint density at radius 2 is 2.15 bits per heavy atom. The molecule has 1 fully saturated rings. The zero-order valence-corrected chi connectivity index (χ0v) is 13.5. The molecule has 0 bridgehead atoms. The topological polar surface area (TPSA) is 31.4 Å². The maximum absolute atomic E-state index is 4.72. The van der Waals surface area contributed by atoms with Crippen LogP contribution in [0, 0.1) is 6.92 Å². The van der Waals surface area contributed by atoms with Crippen molar-refractivity contribution in [2.45, 2.75) is 46.3 Å².